The molecule has 2 heterocycles. The van der Waals surface area contributed by atoms with Gasteiger partial charge in [0.2, 0.25) is 0 Å². The minimum Gasteiger partial charge on any atom is -0.375 e. The number of nitrogens with zero attached hydrogens (tertiary/aromatic N) is 1. The molecule has 0 radical (unpaired) electrons. The SMILES string of the molecule is NN1CC2OCCC21. The zero-order chi connectivity index (χ0) is 5.56. The van der Waals surface area contributed by atoms with E-state index in [-0.39, 0.29) is 0 Å². The molecule has 2 N–H and O–H groups in total. The van der Waals surface area contributed by atoms with E-state index in [0.717, 1.165) is 19.6 Å². The third-order valence-electron chi connectivity index (χ3n) is 1.99. The fraction of sp³-hybridized carbons (Fsp3) is 1.00. The lowest BCUT2D eigenvalue weighted by atomic mass is 10.0. The van der Waals surface area contributed by atoms with Crippen molar-refractivity contribution in [3.63, 3.8) is 0 Å². The second-order valence-corrected chi connectivity index (χ2v) is 2.46. The fourth-order valence-electron chi connectivity index (χ4n) is 1.40. The van der Waals surface area contributed by atoms with Crippen LogP contribution in [0.1, 0.15) is 6.42 Å². The molecule has 8 heavy (non-hydrogen) atoms. The number of nitrogens with two attached hydrogens (primary N) is 1. The summed E-state index contributed by atoms with van der Waals surface area (Å²) >= 11 is 0. The summed E-state index contributed by atoms with van der Waals surface area (Å²) in [6.07, 6.45) is 1.60. The van der Waals surface area contributed by atoms with Gasteiger partial charge in [-0.2, -0.15) is 0 Å². The summed E-state index contributed by atoms with van der Waals surface area (Å²) in [7, 11) is 0. The highest BCUT2D eigenvalue weighted by Gasteiger charge is 2.41. The number of hydrazine groups is 1. The Balaban J connectivity index is 2.02. The van der Waals surface area contributed by atoms with Crippen molar-refractivity contribution in [2.45, 2.75) is 18.6 Å². The standard InChI is InChI=1S/C5H10N2O/c6-7-3-5-4(7)1-2-8-5/h4-5H,1-3,6H2. The van der Waals surface area contributed by atoms with Crippen LogP contribution < -0.4 is 5.84 Å². The van der Waals surface area contributed by atoms with Gasteiger partial charge in [-0.1, -0.05) is 0 Å². The Morgan fingerprint density at radius 1 is 1.62 bits per heavy atom. The Hall–Kier alpha value is -0.120. The van der Waals surface area contributed by atoms with Crippen LogP contribution in [0.15, 0.2) is 0 Å². The van der Waals surface area contributed by atoms with E-state index in [1.54, 1.807) is 0 Å². The summed E-state index contributed by atoms with van der Waals surface area (Å²) < 4.78 is 5.30. The molecule has 2 aliphatic rings. The van der Waals surface area contributed by atoms with Crippen LogP contribution in [0.5, 0.6) is 0 Å². The second kappa shape index (κ2) is 1.43. The molecule has 0 aromatic carbocycles. The predicted molar refractivity (Wildman–Crippen MR) is 29.0 cm³/mol. The third-order valence-corrected chi connectivity index (χ3v) is 1.99. The number of hydrogen-bond acceptors (Lipinski definition) is 3. The van der Waals surface area contributed by atoms with E-state index in [0.29, 0.717) is 12.1 Å². The van der Waals surface area contributed by atoms with Crippen molar-refractivity contribution in [3.8, 4) is 0 Å². The smallest absolute Gasteiger partial charge is 0.0885 e. The van der Waals surface area contributed by atoms with E-state index >= 15 is 0 Å². The third kappa shape index (κ3) is 0.438. The summed E-state index contributed by atoms with van der Waals surface area (Å²) in [5.41, 5.74) is 0. The molecule has 0 saturated carbocycles. The summed E-state index contributed by atoms with van der Waals surface area (Å²) in [4.78, 5) is 0. The molecule has 46 valence electrons. The van der Waals surface area contributed by atoms with Crippen molar-refractivity contribution in [2.75, 3.05) is 13.2 Å². The van der Waals surface area contributed by atoms with Crippen LogP contribution in [0.2, 0.25) is 0 Å². The molecule has 2 rings (SSSR count). The topological polar surface area (TPSA) is 38.5 Å². The van der Waals surface area contributed by atoms with E-state index in [2.05, 4.69) is 0 Å². The molecule has 0 aromatic rings. The van der Waals surface area contributed by atoms with Crippen molar-refractivity contribution in [1.82, 2.24) is 5.01 Å². The van der Waals surface area contributed by atoms with Gasteiger partial charge in [-0.3, -0.25) is 5.84 Å². The van der Waals surface area contributed by atoms with Crippen LogP contribution in [0.3, 0.4) is 0 Å². The van der Waals surface area contributed by atoms with Gasteiger partial charge in [-0.05, 0) is 6.42 Å². The monoisotopic (exact) mass is 114 g/mol. The predicted octanol–water partition coefficient (Wildman–Crippen LogP) is -0.667. The average molecular weight is 114 g/mol. The van der Waals surface area contributed by atoms with Gasteiger partial charge in [-0.25, -0.2) is 5.01 Å². The summed E-state index contributed by atoms with van der Waals surface area (Å²) in [6.45, 7) is 1.84. The Labute approximate surface area is 48.4 Å². The Morgan fingerprint density at radius 3 is 3.00 bits per heavy atom. The Morgan fingerprint density at radius 2 is 2.50 bits per heavy atom. The van der Waals surface area contributed by atoms with Gasteiger partial charge in [0.15, 0.2) is 0 Å². The van der Waals surface area contributed by atoms with E-state index < -0.39 is 0 Å². The average Bonchev–Trinajstić information content (AvgIpc) is 2.09. The lowest BCUT2D eigenvalue weighted by Gasteiger charge is -2.39. The first-order chi connectivity index (χ1) is 3.88. The van der Waals surface area contributed by atoms with Crippen molar-refractivity contribution >= 4 is 0 Å². The number of ether oxygens (including phenoxy) is 1. The van der Waals surface area contributed by atoms with Crippen LogP contribution >= 0.6 is 0 Å². The first-order valence-electron chi connectivity index (χ1n) is 3.01. The van der Waals surface area contributed by atoms with Gasteiger partial charge < -0.3 is 4.74 Å². The normalized spacial score (nSPS) is 46.1. The first-order valence-corrected chi connectivity index (χ1v) is 3.01. The second-order valence-electron chi connectivity index (χ2n) is 2.46. The maximum Gasteiger partial charge on any atom is 0.0885 e. The Kier molecular flexibility index (Phi) is 0.848. The molecular formula is C5H10N2O. The zero-order valence-corrected chi connectivity index (χ0v) is 4.71. The minimum atomic E-state index is 0.472. The summed E-state index contributed by atoms with van der Waals surface area (Å²) in [5.74, 6) is 5.52. The molecule has 0 bridgehead atoms. The Bertz CT molecular complexity index is 107. The lowest BCUT2D eigenvalue weighted by molar-refractivity contribution is -0.0401. The van der Waals surface area contributed by atoms with Crippen LogP contribution in [0.4, 0.5) is 0 Å². The first kappa shape index (κ1) is 4.73. The van der Waals surface area contributed by atoms with Crippen LogP contribution in [-0.2, 0) is 4.74 Å². The van der Waals surface area contributed by atoms with E-state index in [1.165, 1.54) is 0 Å². The van der Waals surface area contributed by atoms with Crippen LogP contribution in [-0.4, -0.2) is 30.3 Å². The maximum absolute atomic E-state index is 5.52. The van der Waals surface area contributed by atoms with Crippen molar-refractivity contribution < 1.29 is 4.74 Å². The van der Waals surface area contributed by atoms with Crippen molar-refractivity contribution in [1.29, 1.82) is 0 Å². The summed E-state index contributed by atoms with van der Waals surface area (Å²) in [5, 5.41) is 1.86. The maximum atomic E-state index is 5.52. The number of hydrogen-bond donors (Lipinski definition) is 1. The molecule has 0 aliphatic carbocycles. The van der Waals surface area contributed by atoms with Gasteiger partial charge in [0.25, 0.3) is 0 Å². The number of fused-ring (bicyclic) bond motifs is 1. The van der Waals surface area contributed by atoms with E-state index in [1.807, 2.05) is 5.01 Å². The molecule has 2 aliphatic heterocycles. The van der Waals surface area contributed by atoms with E-state index in [9.17, 15) is 0 Å². The van der Waals surface area contributed by atoms with Crippen molar-refractivity contribution in [3.05, 3.63) is 0 Å². The lowest BCUT2D eigenvalue weighted by Crippen LogP contribution is -2.60. The zero-order valence-electron chi connectivity index (χ0n) is 4.71. The van der Waals surface area contributed by atoms with Crippen LogP contribution in [0.25, 0.3) is 0 Å². The number of rotatable bonds is 0. The molecule has 2 saturated heterocycles. The van der Waals surface area contributed by atoms with Gasteiger partial charge in [-0.15, -0.1) is 0 Å². The van der Waals surface area contributed by atoms with Gasteiger partial charge in [0, 0.05) is 13.2 Å². The van der Waals surface area contributed by atoms with Gasteiger partial charge in [0.1, 0.15) is 0 Å². The fourth-order valence-corrected chi connectivity index (χ4v) is 1.40. The molecule has 2 unspecified atom stereocenters. The molecule has 0 amide bonds. The minimum absolute atomic E-state index is 0.472. The highest BCUT2D eigenvalue weighted by atomic mass is 16.5. The molecular weight excluding hydrogens is 104 g/mol. The van der Waals surface area contributed by atoms with Gasteiger partial charge in [0.05, 0.1) is 12.1 Å². The molecule has 2 fully saturated rings. The largest absolute Gasteiger partial charge is 0.375 e. The summed E-state index contributed by atoms with van der Waals surface area (Å²) in [6, 6.07) is 0.551. The van der Waals surface area contributed by atoms with Crippen LogP contribution in [0, 0.1) is 0 Å². The van der Waals surface area contributed by atoms with E-state index in [4.69, 9.17) is 10.6 Å². The van der Waals surface area contributed by atoms with Gasteiger partial charge >= 0.3 is 0 Å². The molecule has 3 heteroatoms. The molecule has 0 spiro atoms. The highest BCUT2D eigenvalue weighted by Crippen LogP contribution is 2.25. The molecule has 0 aromatic heterocycles. The quantitative estimate of drug-likeness (QED) is 0.425. The highest BCUT2D eigenvalue weighted by molar-refractivity contribution is 4.93. The molecule has 3 nitrogen and oxygen atoms in total. The van der Waals surface area contributed by atoms with Crippen molar-refractivity contribution in [2.24, 2.45) is 5.84 Å². The molecule has 2 atom stereocenters.